The van der Waals surface area contributed by atoms with Crippen LogP contribution in [0, 0.1) is 28.6 Å². The third-order valence-electron chi connectivity index (χ3n) is 11.1. The third-order valence-corrected chi connectivity index (χ3v) is 11.7. The Labute approximate surface area is 217 Å². The number of hydrogen-bond donors (Lipinski definition) is 1. The number of rotatable bonds is 4. The van der Waals surface area contributed by atoms with Gasteiger partial charge in [-0.05, 0) is 69.8 Å². The van der Waals surface area contributed by atoms with Crippen molar-refractivity contribution in [3.8, 4) is 0 Å². The molecule has 0 bridgehead atoms. The number of fused-ring (bicyclic) bond motifs is 7. The second-order valence-corrected chi connectivity index (χ2v) is 13.5. The van der Waals surface area contributed by atoms with Crippen molar-refractivity contribution >= 4 is 23.3 Å². The van der Waals surface area contributed by atoms with E-state index in [2.05, 4.69) is 6.92 Å². The number of aliphatic hydroxyl groups is 1. The molecule has 7 heteroatoms. The minimum Gasteiger partial charge on any atom is -0.390 e. The zero-order valence-electron chi connectivity index (χ0n) is 21.6. The van der Waals surface area contributed by atoms with E-state index in [9.17, 15) is 14.7 Å². The molecule has 0 aromatic carbocycles. The summed E-state index contributed by atoms with van der Waals surface area (Å²) in [7, 11) is 0. The van der Waals surface area contributed by atoms with Crippen molar-refractivity contribution in [3.05, 3.63) is 23.8 Å². The first-order valence-corrected chi connectivity index (χ1v) is 15.2. The molecule has 36 heavy (non-hydrogen) atoms. The maximum atomic E-state index is 17.5. The number of alkyl halides is 1. The molecule has 198 valence electrons. The molecular formula is C29H39FO5S. The fourth-order valence-corrected chi connectivity index (χ4v) is 9.81. The summed E-state index contributed by atoms with van der Waals surface area (Å²) < 4.78 is 30.9. The van der Waals surface area contributed by atoms with Crippen molar-refractivity contribution in [1.29, 1.82) is 0 Å². The van der Waals surface area contributed by atoms with Crippen LogP contribution in [0.4, 0.5) is 4.39 Å². The van der Waals surface area contributed by atoms with E-state index in [1.54, 1.807) is 12.2 Å². The molecular weight excluding hydrogens is 479 g/mol. The topological polar surface area (TPSA) is 72.8 Å². The molecule has 0 aromatic heterocycles. The van der Waals surface area contributed by atoms with Gasteiger partial charge in [0.05, 0.1) is 18.0 Å². The average Bonchev–Trinajstić information content (AvgIpc) is 3.35. The predicted octanol–water partition coefficient (Wildman–Crippen LogP) is 4.96. The minimum atomic E-state index is -1.91. The average molecular weight is 519 g/mol. The number of hydrogen-bond acceptors (Lipinski definition) is 6. The van der Waals surface area contributed by atoms with Gasteiger partial charge in [-0.3, -0.25) is 9.59 Å². The monoisotopic (exact) mass is 518 g/mol. The Bertz CT molecular complexity index is 1020. The lowest BCUT2D eigenvalue weighted by Gasteiger charge is -2.62. The quantitative estimate of drug-likeness (QED) is 0.567. The fourth-order valence-electron chi connectivity index (χ4n) is 9.34. The summed E-state index contributed by atoms with van der Waals surface area (Å²) in [6.07, 6.45) is 12.0. The van der Waals surface area contributed by atoms with E-state index < -0.39 is 46.5 Å². The van der Waals surface area contributed by atoms with Crippen molar-refractivity contribution in [1.82, 2.24) is 0 Å². The number of carbonyl (C=O) groups excluding carboxylic acids is 2. The Morgan fingerprint density at radius 2 is 1.94 bits per heavy atom. The lowest BCUT2D eigenvalue weighted by molar-refractivity contribution is -0.234. The van der Waals surface area contributed by atoms with Gasteiger partial charge in [0.1, 0.15) is 0 Å². The summed E-state index contributed by atoms with van der Waals surface area (Å²) in [4.78, 5) is 26.0. The molecule has 9 atom stereocenters. The standard InChI is InChI=1S/C29H39FO5S/c1-26-12-11-19(31)13-18(26)9-10-20-21-14-24-29(23(33)16-36-3,27(21,2)15-22(32)28(20,26)30)35-25(34-24)17-7-5-4-6-8-17/h11-13,17,20-22,24-25,32H,4-10,14-16H2,1-3H3/t20-,21-,22-,24+,25+,26-,27-,28-,29+/m0/s1. The van der Waals surface area contributed by atoms with Crippen LogP contribution in [0.15, 0.2) is 23.8 Å². The first-order valence-electron chi connectivity index (χ1n) is 13.8. The van der Waals surface area contributed by atoms with Gasteiger partial charge in [-0.15, -0.1) is 0 Å². The fraction of sp³-hybridized carbons (Fsp3) is 0.793. The first-order chi connectivity index (χ1) is 17.1. The SMILES string of the molecule is CSCC(=O)[C@@]12O[C@H](C3CCCCC3)O[C@@H]1C[C@H]1[C@@H]3CCC4=CC(=O)C=C[C@]4(C)[C@@]3(F)[C@@H](O)C[C@@]12C. The largest absolute Gasteiger partial charge is 0.390 e. The molecule has 6 aliphatic rings. The van der Waals surface area contributed by atoms with Gasteiger partial charge in [0, 0.05) is 22.7 Å². The van der Waals surface area contributed by atoms with E-state index in [-0.39, 0.29) is 29.8 Å². The molecule has 0 unspecified atom stereocenters. The van der Waals surface area contributed by atoms with Crippen molar-refractivity contribution in [2.75, 3.05) is 12.0 Å². The van der Waals surface area contributed by atoms with E-state index >= 15 is 4.39 Å². The molecule has 1 saturated heterocycles. The number of aliphatic hydroxyl groups excluding tert-OH is 1. The normalized spacial score (nSPS) is 50.2. The highest BCUT2D eigenvalue weighted by atomic mass is 32.2. The molecule has 6 rings (SSSR count). The van der Waals surface area contributed by atoms with Gasteiger partial charge in [0.2, 0.25) is 0 Å². The number of carbonyl (C=O) groups is 2. The van der Waals surface area contributed by atoms with E-state index in [1.165, 1.54) is 24.3 Å². The minimum absolute atomic E-state index is 0.0210. The summed E-state index contributed by atoms with van der Waals surface area (Å²) in [5, 5.41) is 11.7. The molecule has 1 N–H and O–H groups in total. The highest BCUT2D eigenvalue weighted by Crippen LogP contribution is 2.72. The zero-order valence-corrected chi connectivity index (χ0v) is 22.5. The molecule has 0 amide bonds. The second-order valence-electron chi connectivity index (χ2n) is 12.6. The van der Waals surface area contributed by atoms with Crippen molar-refractivity contribution in [2.24, 2.45) is 28.6 Å². The highest BCUT2D eigenvalue weighted by Gasteiger charge is 2.79. The number of halogens is 1. The molecule has 1 aliphatic heterocycles. The Morgan fingerprint density at radius 1 is 1.19 bits per heavy atom. The van der Waals surface area contributed by atoms with E-state index in [1.807, 2.05) is 13.2 Å². The number of ketones is 2. The van der Waals surface area contributed by atoms with Gasteiger partial charge < -0.3 is 14.6 Å². The molecule has 0 aromatic rings. The molecule has 1 heterocycles. The maximum absolute atomic E-state index is 17.5. The number of ether oxygens (including phenoxy) is 2. The lowest BCUT2D eigenvalue weighted by Crippen LogP contribution is -2.69. The van der Waals surface area contributed by atoms with Crippen LogP contribution >= 0.6 is 11.8 Å². The van der Waals surface area contributed by atoms with E-state index in [0.29, 0.717) is 25.0 Å². The van der Waals surface area contributed by atoms with Crippen molar-refractivity contribution in [3.63, 3.8) is 0 Å². The molecule has 0 radical (unpaired) electrons. The molecule has 4 saturated carbocycles. The molecule has 5 fully saturated rings. The van der Waals surface area contributed by atoms with E-state index in [0.717, 1.165) is 31.3 Å². The van der Waals surface area contributed by atoms with Gasteiger partial charge in [0.15, 0.2) is 29.1 Å². The first kappa shape index (κ1) is 25.3. The van der Waals surface area contributed by atoms with Crippen LogP contribution in [-0.4, -0.2) is 58.4 Å². The van der Waals surface area contributed by atoms with Gasteiger partial charge in [-0.25, -0.2) is 4.39 Å². The zero-order chi connectivity index (χ0) is 25.5. The number of Topliss-reactive ketones (excluding diaryl/α,β-unsaturated/α-hetero) is 1. The Balaban J connectivity index is 1.40. The van der Waals surface area contributed by atoms with Gasteiger partial charge in [-0.2, -0.15) is 11.8 Å². The number of allylic oxidation sites excluding steroid dienone is 4. The summed E-state index contributed by atoms with van der Waals surface area (Å²) in [6.45, 7) is 3.88. The van der Waals surface area contributed by atoms with Gasteiger partial charge in [-0.1, -0.05) is 37.8 Å². The molecule has 0 spiro atoms. The number of thioether (sulfide) groups is 1. The van der Waals surface area contributed by atoms with Crippen molar-refractivity contribution < 1.29 is 28.6 Å². The van der Waals surface area contributed by atoms with Crippen LogP contribution in [0.2, 0.25) is 0 Å². The summed E-state index contributed by atoms with van der Waals surface area (Å²) in [5.41, 5.74) is -4.05. The summed E-state index contributed by atoms with van der Waals surface area (Å²) >= 11 is 1.48. The Hall–Kier alpha value is -1.02. The second kappa shape index (κ2) is 8.49. The van der Waals surface area contributed by atoms with Crippen LogP contribution in [0.3, 0.4) is 0 Å². The van der Waals surface area contributed by atoms with Crippen LogP contribution in [0.25, 0.3) is 0 Å². The highest BCUT2D eigenvalue weighted by molar-refractivity contribution is 7.99. The third kappa shape index (κ3) is 3.06. The lowest BCUT2D eigenvalue weighted by atomic mass is 9.44. The Morgan fingerprint density at radius 3 is 2.67 bits per heavy atom. The molecule has 5 aliphatic carbocycles. The van der Waals surface area contributed by atoms with Gasteiger partial charge >= 0.3 is 0 Å². The van der Waals surface area contributed by atoms with Crippen LogP contribution in [0.1, 0.15) is 71.6 Å². The van der Waals surface area contributed by atoms with Crippen LogP contribution < -0.4 is 0 Å². The van der Waals surface area contributed by atoms with Crippen LogP contribution in [-0.2, 0) is 19.1 Å². The van der Waals surface area contributed by atoms with Gasteiger partial charge in [0.25, 0.3) is 0 Å². The molecule has 5 nitrogen and oxygen atoms in total. The van der Waals surface area contributed by atoms with E-state index in [4.69, 9.17) is 9.47 Å². The summed E-state index contributed by atoms with van der Waals surface area (Å²) in [5.74, 6) is -0.101. The summed E-state index contributed by atoms with van der Waals surface area (Å²) in [6, 6.07) is 0. The smallest absolute Gasteiger partial charge is 0.178 e. The predicted molar refractivity (Wildman–Crippen MR) is 136 cm³/mol. The van der Waals surface area contributed by atoms with Crippen LogP contribution in [0.5, 0.6) is 0 Å². The maximum Gasteiger partial charge on any atom is 0.178 e. The van der Waals surface area contributed by atoms with Crippen molar-refractivity contribution in [2.45, 2.75) is 101 Å². The Kier molecular flexibility index (Phi) is 5.96.